The Kier molecular flexibility index (Phi) is 2.99. The van der Waals surface area contributed by atoms with E-state index in [0.717, 1.165) is 13.1 Å². The first-order chi connectivity index (χ1) is 6.98. The van der Waals surface area contributed by atoms with E-state index in [0.29, 0.717) is 12.0 Å². The number of rotatable bonds is 3. The molecule has 4 heteroatoms. The Morgan fingerprint density at radius 2 is 2.07 bits per heavy atom. The van der Waals surface area contributed by atoms with Gasteiger partial charge in [0, 0.05) is 24.7 Å². The van der Waals surface area contributed by atoms with Crippen LogP contribution in [-0.2, 0) is 0 Å². The molecule has 88 valence electrons. The van der Waals surface area contributed by atoms with Gasteiger partial charge < -0.3 is 5.32 Å². The van der Waals surface area contributed by atoms with Crippen LogP contribution >= 0.6 is 0 Å². The standard InChI is InChI=1S/C11H20F2N2/c1-11(2)7-15(6-10(12)13)9(5-14-11)8-3-4-8/h8-10,14H,3-7H2,1-2H3. The second kappa shape index (κ2) is 3.98. The summed E-state index contributed by atoms with van der Waals surface area (Å²) in [5, 5.41) is 3.45. The van der Waals surface area contributed by atoms with Gasteiger partial charge in [0.1, 0.15) is 0 Å². The number of hydrogen-bond donors (Lipinski definition) is 1. The summed E-state index contributed by atoms with van der Waals surface area (Å²) in [6.45, 7) is 5.69. The van der Waals surface area contributed by atoms with Crippen LogP contribution in [-0.4, -0.2) is 42.5 Å². The normalized spacial score (nSPS) is 32.2. The first kappa shape index (κ1) is 11.3. The van der Waals surface area contributed by atoms with E-state index in [4.69, 9.17) is 0 Å². The van der Waals surface area contributed by atoms with E-state index >= 15 is 0 Å². The van der Waals surface area contributed by atoms with Crippen LogP contribution in [0.5, 0.6) is 0 Å². The Hall–Kier alpha value is -0.220. The molecule has 2 fully saturated rings. The molecule has 15 heavy (non-hydrogen) atoms. The van der Waals surface area contributed by atoms with Crippen LogP contribution in [0.3, 0.4) is 0 Å². The topological polar surface area (TPSA) is 15.3 Å². The molecule has 0 bridgehead atoms. The Morgan fingerprint density at radius 1 is 1.40 bits per heavy atom. The maximum atomic E-state index is 12.5. The second-order valence-electron chi connectivity index (χ2n) is 5.49. The van der Waals surface area contributed by atoms with E-state index in [-0.39, 0.29) is 12.1 Å². The summed E-state index contributed by atoms with van der Waals surface area (Å²) in [5.74, 6) is 0.660. The molecule has 0 amide bonds. The third-order valence-corrected chi connectivity index (χ3v) is 3.40. The van der Waals surface area contributed by atoms with Crippen molar-refractivity contribution in [2.75, 3.05) is 19.6 Å². The number of nitrogens with zero attached hydrogens (tertiary/aromatic N) is 1. The predicted molar refractivity (Wildman–Crippen MR) is 56.2 cm³/mol. The molecular weight excluding hydrogens is 198 g/mol. The molecule has 1 saturated heterocycles. The largest absolute Gasteiger partial charge is 0.309 e. The van der Waals surface area contributed by atoms with Gasteiger partial charge >= 0.3 is 0 Å². The van der Waals surface area contributed by atoms with Gasteiger partial charge in [0.05, 0.1) is 6.54 Å². The molecule has 0 radical (unpaired) electrons. The Bertz CT molecular complexity index is 227. The fourth-order valence-electron chi connectivity index (χ4n) is 2.51. The second-order valence-corrected chi connectivity index (χ2v) is 5.49. The summed E-state index contributed by atoms with van der Waals surface area (Å²) in [7, 11) is 0. The lowest BCUT2D eigenvalue weighted by Crippen LogP contribution is -2.62. The lowest BCUT2D eigenvalue weighted by molar-refractivity contribution is 0.0211. The van der Waals surface area contributed by atoms with Crippen LogP contribution in [0, 0.1) is 5.92 Å². The molecule has 2 rings (SSSR count). The third kappa shape index (κ3) is 2.88. The molecule has 1 heterocycles. The van der Waals surface area contributed by atoms with Crippen molar-refractivity contribution in [3.8, 4) is 0 Å². The molecule has 1 unspecified atom stereocenters. The van der Waals surface area contributed by atoms with Crippen LogP contribution in [0.15, 0.2) is 0 Å². The van der Waals surface area contributed by atoms with E-state index < -0.39 is 6.43 Å². The summed E-state index contributed by atoms with van der Waals surface area (Å²) < 4.78 is 24.9. The van der Waals surface area contributed by atoms with Crippen LogP contribution < -0.4 is 5.32 Å². The molecule has 2 aliphatic rings. The summed E-state index contributed by atoms with van der Waals surface area (Å²) in [6.07, 6.45) is 0.221. The first-order valence-corrected chi connectivity index (χ1v) is 5.75. The number of hydrogen-bond acceptors (Lipinski definition) is 2. The van der Waals surface area contributed by atoms with Gasteiger partial charge in [0.2, 0.25) is 0 Å². The zero-order valence-corrected chi connectivity index (χ0v) is 9.47. The Morgan fingerprint density at radius 3 is 2.60 bits per heavy atom. The summed E-state index contributed by atoms with van der Waals surface area (Å²) in [4.78, 5) is 1.98. The average molecular weight is 218 g/mol. The van der Waals surface area contributed by atoms with Crippen molar-refractivity contribution in [1.29, 1.82) is 0 Å². The highest BCUT2D eigenvalue weighted by Gasteiger charge is 2.41. The van der Waals surface area contributed by atoms with Crippen molar-refractivity contribution >= 4 is 0 Å². The Balaban J connectivity index is 1.98. The third-order valence-electron chi connectivity index (χ3n) is 3.40. The van der Waals surface area contributed by atoms with Gasteiger partial charge in [-0.1, -0.05) is 0 Å². The highest BCUT2D eigenvalue weighted by atomic mass is 19.3. The van der Waals surface area contributed by atoms with E-state index in [1.807, 2.05) is 4.90 Å². The van der Waals surface area contributed by atoms with Gasteiger partial charge in [-0.05, 0) is 32.6 Å². The van der Waals surface area contributed by atoms with Crippen molar-refractivity contribution in [3.63, 3.8) is 0 Å². The number of halogens is 2. The lowest BCUT2D eigenvalue weighted by Gasteiger charge is -2.44. The van der Waals surface area contributed by atoms with Crippen molar-refractivity contribution in [2.45, 2.75) is 44.7 Å². The minimum Gasteiger partial charge on any atom is -0.309 e. The molecular formula is C11H20F2N2. The smallest absolute Gasteiger partial charge is 0.251 e. The Labute approximate surface area is 90.0 Å². The SMILES string of the molecule is CC1(C)CN(CC(F)F)C(C2CC2)CN1. The van der Waals surface area contributed by atoms with E-state index in [1.54, 1.807) is 0 Å². The molecule has 1 aliphatic heterocycles. The molecule has 1 saturated carbocycles. The average Bonchev–Trinajstić information content (AvgIpc) is 2.84. The van der Waals surface area contributed by atoms with Gasteiger partial charge in [-0.3, -0.25) is 4.90 Å². The molecule has 1 aliphatic carbocycles. The molecule has 0 aromatic heterocycles. The van der Waals surface area contributed by atoms with E-state index in [2.05, 4.69) is 19.2 Å². The minimum absolute atomic E-state index is 0.0275. The van der Waals surface area contributed by atoms with Gasteiger partial charge in [-0.2, -0.15) is 0 Å². The van der Waals surface area contributed by atoms with Crippen LogP contribution in [0.1, 0.15) is 26.7 Å². The van der Waals surface area contributed by atoms with Crippen LogP contribution in [0.25, 0.3) is 0 Å². The minimum atomic E-state index is -2.21. The highest BCUT2D eigenvalue weighted by molar-refractivity contribution is 4.98. The summed E-state index contributed by atoms with van der Waals surface area (Å²) >= 11 is 0. The zero-order chi connectivity index (χ0) is 11.1. The molecule has 1 atom stereocenters. The monoisotopic (exact) mass is 218 g/mol. The number of nitrogens with one attached hydrogen (secondary N) is 1. The number of alkyl halides is 2. The maximum Gasteiger partial charge on any atom is 0.251 e. The summed E-state index contributed by atoms with van der Waals surface area (Å²) in [5.41, 5.74) is -0.0275. The zero-order valence-electron chi connectivity index (χ0n) is 9.47. The molecule has 2 nitrogen and oxygen atoms in total. The summed E-state index contributed by atoms with van der Waals surface area (Å²) in [6, 6.07) is 0.340. The quantitative estimate of drug-likeness (QED) is 0.776. The van der Waals surface area contributed by atoms with E-state index in [9.17, 15) is 8.78 Å². The first-order valence-electron chi connectivity index (χ1n) is 5.75. The van der Waals surface area contributed by atoms with Gasteiger partial charge in [-0.15, -0.1) is 0 Å². The fourth-order valence-corrected chi connectivity index (χ4v) is 2.51. The van der Waals surface area contributed by atoms with Crippen molar-refractivity contribution in [2.24, 2.45) is 5.92 Å². The molecule has 0 spiro atoms. The van der Waals surface area contributed by atoms with Gasteiger partial charge in [-0.25, -0.2) is 8.78 Å². The molecule has 0 aromatic carbocycles. The number of piperazine rings is 1. The highest BCUT2D eigenvalue weighted by Crippen LogP contribution is 2.37. The predicted octanol–water partition coefficient (Wildman–Crippen LogP) is 1.71. The molecule has 1 N–H and O–H groups in total. The van der Waals surface area contributed by atoms with E-state index in [1.165, 1.54) is 12.8 Å². The van der Waals surface area contributed by atoms with Crippen LogP contribution in [0.2, 0.25) is 0 Å². The van der Waals surface area contributed by atoms with Gasteiger partial charge in [0.25, 0.3) is 6.43 Å². The van der Waals surface area contributed by atoms with Gasteiger partial charge in [0.15, 0.2) is 0 Å². The molecule has 0 aromatic rings. The van der Waals surface area contributed by atoms with Crippen molar-refractivity contribution in [3.05, 3.63) is 0 Å². The van der Waals surface area contributed by atoms with Crippen molar-refractivity contribution in [1.82, 2.24) is 10.2 Å². The van der Waals surface area contributed by atoms with Crippen molar-refractivity contribution < 1.29 is 8.78 Å². The maximum absolute atomic E-state index is 12.5. The fraction of sp³-hybridized carbons (Fsp3) is 1.00. The lowest BCUT2D eigenvalue weighted by atomic mass is 9.96. The van der Waals surface area contributed by atoms with Crippen LogP contribution in [0.4, 0.5) is 8.78 Å².